The molecule has 0 atom stereocenters. The molecule has 2 fully saturated rings. The maximum Gasteiger partial charge on any atom is 0.217 e. The molecular weight excluding hydrogens is 200 g/mol. The van der Waals surface area contributed by atoms with Crippen molar-refractivity contribution in [2.24, 2.45) is 5.92 Å². The Morgan fingerprint density at radius 3 is 2.36 bits per heavy atom. The molecule has 1 aliphatic heterocycles. The van der Waals surface area contributed by atoms with Crippen LogP contribution in [0, 0.1) is 5.92 Å². The van der Waals surface area contributed by atoms with E-state index in [2.05, 4.69) is 10.6 Å². The standard InChI is InChI=1S/C10H18N2O.ClH/c1-8(13)12-10(4-5-10)9-2-6-11-7-3-9;/h9,11H,2-7H2,1H3,(H,12,13);1H. The van der Waals surface area contributed by atoms with Gasteiger partial charge in [-0.2, -0.15) is 0 Å². The Bertz CT molecular complexity index is 210. The van der Waals surface area contributed by atoms with Crippen molar-refractivity contribution in [3.63, 3.8) is 0 Å². The quantitative estimate of drug-likeness (QED) is 0.500. The Morgan fingerprint density at radius 2 is 1.93 bits per heavy atom. The summed E-state index contributed by atoms with van der Waals surface area (Å²) in [5.74, 6) is 0.897. The minimum Gasteiger partial charge on any atom is -1.00 e. The van der Waals surface area contributed by atoms with E-state index in [1.54, 1.807) is 6.92 Å². The van der Waals surface area contributed by atoms with Crippen LogP contribution in [0.4, 0.5) is 0 Å². The van der Waals surface area contributed by atoms with Crippen molar-refractivity contribution in [2.75, 3.05) is 13.1 Å². The first-order valence-corrected chi connectivity index (χ1v) is 5.33. The molecule has 14 heavy (non-hydrogen) atoms. The summed E-state index contributed by atoms with van der Waals surface area (Å²) in [6.45, 7) is 4.12. The molecule has 82 valence electrons. The topological polar surface area (TPSA) is 45.7 Å². The van der Waals surface area contributed by atoms with E-state index >= 15 is 0 Å². The van der Waals surface area contributed by atoms with Gasteiger partial charge in [0.05, 0.1) is 13.1 Å². The molecule has 1 aliphatic carbocycles. The zero-order chi connectivity index (χ0) is 9.31. The second-order valence-electron chi connectivity index (χ2n) is 4.48. The highest BCUT2D eigenvalue weighted by molar-refractivity contribution is 5.74. The predicted molar refractivity (Wildman–Crippen MR) is 50.2 cm³/mol. The van der Waals surface area contributed by atoms with Crippen molar-refractivity contribution in [1.29, 1.82) is 0 Å². The molecule has 3 nitrogen and oxygen atoms in total. The van der Waals surface area contributed by atoms with Crippen molar-refractivity contribution >= 4 is 5.91 Å². The number of piperidine rings is 1. The first-order valence-electron chi connectivity index (χ1n) is 5.33. The predicted octanol–water partition coefficient (Wildman–Crippen LogP) is -3.37. The summed E-state index contributed by atoms with van der Waals surface area (Å²) >= 11 is 0. The number of carbonyl (C=O) groups excluding carboxylic acids is 1. The Kier molecular flexibility index (Phi) is 3.78. The molecule has 0 spiro atoms. The number of amides is 1. The first kappa shape index (κ1) is 11.8. The summed E-state index contributed by atoms with van der Waals surface area (Å²) in [7, 11) is 0. The second kappa shape index (κ2) is 4.49. The number of quaternary nitrogens is 1. The van der Waals surface area contributed by atoms with Crippen molar-refractivity contribution < 1.29 is 22.5 Å². The third-order valence-electron chi connectivity index (χ3n) is 3.43. The largest absolute Gasteiger partial charge is 1.00 e. The Hall–Kier alpha value is -0.280. The van der Waals surface area contributed by atoms with Gasteiger partial charge in [0.25, 0.3) is 0 Å². The van der Waals surface area contributed by atoms with Gasteiger partial charge in [0.1, 0.15) is 0 Å². The van der Waals surface area contributed by atoms with E-state index in [9.17, 15) is 4.79 Å². The highest BCUT2D eigenvalue weighted by atomic mass is 35.5. The summed E-state index contributed by atoms with van der Waals surface area (Å²) in [4.78, 5) is 11.0. The average Bonchev–Trinajstić information content (AvgIpc) is 2.86. The van der Waals surface area contributed by atoms with Crippen molar-refractivity contribution in [2.45, 2.75) is 38.1 Å². The molecule has 0 radical (unpaired) electrons. The molecule has 1 amide bonds. The third kappa shape index (κ3) is 2.39. The number of nitrogens with two attached hydrogens (primary N) is 1. The fourth-order valence-electron chi connectivity index (χ4n) is 2.60. The number of rotatable bonds is 2. The summed E-state index contributed by atoms with van der Waals surface area (Å²) in [5.41, 5.74) is 0.222. The molecule has 0 bridgehead atoms. The molecular formula is C10H19ClN2O. The fraction of sp³-hybridized carbons (Fsp3) is 0.900. The van der Waals surface area contributed by atoms with Gasteiger partial charge >= 0.3 is 0 Å². The van der Waals surface area contributed by atoms with Crippen LogP contribution in [-0.4, -0.2) is 24.5 Å². The number of nitrogens with one attached hydrogen (secondary N) is 1. The average molecular weight is 219 g/mol. The minimum absolute atomic E-state index is 0. The van der Waals surface area contributed by atoms with Gasteiger partial charge in [0, 0.05) is 25.3 Å². The van der Waals surface area contributed by atoms with Crippen LogP contribution in [0.2, 0.25) is 0 Å². The molecule has 0 aromatic heterocycles. The minimum atomic E-state index is 0. The fourth-order valence-corrected chi connectivity index (χ4v) is 2.60. The van der Waals surface area contributed by atoms with Crippen molar-refractivity contribution in [1.82, 2.24) is 5.32 Å². The van der Waals surface area contributed by atoms with Gasteiger partial charge in [-0.1, -0.05) is 0 Å². The highest BCUT2D eigenvalue weighted by Gasteiger charge is 2.50. The molecule has 4 heteroatoms. The van der Waals surface area contributed by atoms with Crippen molar-refractivity contribution in [3.05, 3.63) is 0 Å². The monoisotopic (exact) mass is 218 g/mol. The smallest absolute Gasteiger partial charge is 0.217 e. The van der Waals surface area contributed by atoms with Crippen LogP contribution < -0.4 is 23.0 Å². The van der Waals surface area contributed by atoms with Crippen molar-refractivity contribution in [3.8, 4) is 0 Å². The van der Waals surface area contributed by atoms with E-state index < -0.39 is 0 Å². The lowest BCUT2D eigenvalue weighted by atomic mass is 9.88. The Labute approximate surface area is 91.4 Å². The molecule has 0 aromatic carbocycles. The van der Waals surface area contributed by atoms with Gasteiger partial charge < -0.3 is 23.0 Å². The second-order valence-corrected chi connectivity index (χ2v) is 4.48. The zero-order valence-electron chi connectivity index (χ0n) is 8.68. The number of hydrogen-bond donors (Lipinski definition) is 2. The van der Waals surface area contributed by atoms with Crippen LogP contribution in [0.1, 0.15) is 32.6 Å². The molecule has 0 unspecified atom stereocenters. The van der Waals surface area contributed by atoms with Crippen LogP contribution in [-0.2, 0) is 4.79 Å². The van der Waals surface area contributed by atoms with Crippen LogP contribution in [0.3, 0.4) is 0 Å². The molecule has 1 saturated heterocycles. The molecule has 3 N–H and O–H groups in total. The van der Waals surface area contributed by atoms with Gasteiger partial charge in [-0.25, -0.2) is 0 Å². The number of halogens is 1. The highest BCUT2D eigenvalue weighted by Crippen LogP contribution is 2.45. The summed E-state index contributed by atoms with van der Waals surface area (Å²) in [6.07, 6.45) is 4.97. The van der Waals surface area contributed by atoms with Crippen LogP contribution in [0.15, 0.2) is 0 Å². The van der Waals surface area contributed by atoms with Gasteiger partial charge in [-0.3, -0.25) is 4.79 Å². The Morgan fingerprint density at radius 1 is 1.36 bits per heavy atom. The summed E-state index contributed by atoms with van der Waals surface area (Å²) in [5, 5.41) is 5.52. The van der Waals surface area contributed by atoms with Crippen LogP contribution in [0.25, 0.3) is 0 Å². The molecule has 1 saturated carbocycles. The van der Waals surface area contributed by atoms with Crippen LogP contribution >= 0.6 is 0 Å². The third-order valence-corrected chi connectivity index (χ3v) is 3.43. The lowest BCUT2D eigenvalue weighted by molar-refractivity contribution is -0.665. The number of hydrogen-bond acceptors (Lipinski definition) is 1. The molecule has 2 aliphatic rings. The molecule has 0 aromatic rings. The normalized spacial score (nSPS) is 24.9. The van der Waals surface area contributed by atoms with Gasteiger partial charge in [-0.15, -0.1) is 0 Å². The summed E-state index contributed by atoms with van der Waals surface area (Å²) < 4.78 is 0. The van der Waals surface area contributed by atoms with Crippen LogP contribution in [0.5, 0.6) is 0 Å². The van der Waals surface area contributed by atoms with E-state index in [0.717, 1.165) is 5.92 Å². The van der Waals surface area contributed by atoms with Gasteiger partial charge in [0.2, 0.25) is 5.91 Å². The summed E-state index contributed by atoms with van der Waals surface area (Å²) in [6, 6.07) is 0. The maximum absolute atomic E-state index is 11.0. The lowest BCUT2D eigenvalue weighted by Crippen LogP contribution is -3.00. The van der Waals surface area contributed by atoms with Gasteiger partial charge in [0.15, 0.2) is 0 Å². The van der Waals surface area contributed by atoms with Gasteiger partial charge in [-0.05, 0) is 18.8 Å². The Balaban J connectivity index is 0.000000980. The lowest BCUT2D eigenvalue weighted by Gasteiger charge is -2.29. The van der Waals surface area contributed by atoms with E-state index in [4.69, 9.17) is 0 Å². The van der Waals surface area contributed by atoms with E-state index in [1.165, 1.54) is 38.8 Å². The SMILES string of the molecule is CC(=O)NC1(C2CC[NH2+]CC2)CC1.[Cl-]. The first-order chi connectivity index (χ1) is 6.23. The van der Waals surface area contributed by atoms with E-state index in [-0.39, 0.29) is 23.9 Å². The zero-order valence-corrected chi connectivity index (χ0v) is 9.44. The molecule has 1 heterocycles. The number of carbonyl (C=O) groups is 1. The molecule has 2 rings (SSSR count). The van der Waals surface area contributed by atoms with E-state index in [0.29, 0.717) is 0 Å². The van der Waals surface area contributed by atoms with E-state index in [1.807, 2.05) is 0 Å². The maximum atomic E-state index is 11.0.